The van der Waals surface area contributed by atoms with Crippen LogP contribution in [0.1, 0.15) is 45.4 Å². The molecule has 0 atom stereocenters. The molecule has 0 heterocycles. The molecule has 0 saturated heterocycles. The van der Waals surface area contributed by atoms with Gasteiger partial charge in [-0.25, -0.2) is 0 Å². The summed E-state index contributed by atoms with van der Waals surface area (Å²) in [7, 11) is 0. The molecule has 0 bridgehead atoms. The zero-order chi connectivity index (χ0) is 8.53. The minimum absolute atomic E-state index is 0.219. The van der Waals surface area contributed by atoms with E-state index < -0.39 is 0 Å². The highest BCUT2D eigenvalue weighted by atomic mass is 19.1. The molecular formula is C9H17FO. The van der Waals surface area contributed by atoms with Gasteiger partial charge in [0.25, 0.3) is 0 Å². The van der Waals surface area contributed by atoms with Crippen molar-refractivity contribution in [3.05, 3.63) is 0 Å². The molecule has 0 rings (SSSR count). The van der Waals surface area contributed by atoms with Gasteiger partial charge in [0.1, 0.15) is 5.78 Å². The highest BCUT2D eigenvalue weighted by Gasteiger charge is 1.99. The van der Waals surface area contributed by atoms with Gasteiger partial charge < -0.3 is 0 Å². The minimum Gasteiger partial charge on any atom is -0.300 e. The van der Waals surface area contributed by atoms with Gasteiger partial charge in [-0.2, -0.15) is 0 Å². The van der Waals surface area contributed by atoms with E-state index in [1.165, 1.54) is 0 Å². The monoisotopic (exact) mass is 160 g/mol. The van der Waals surface area contributed by atoms with Crippen LogP contribution in [0.4, 0.5) is 4.39 Å². The molecular weight excluding hydrogens is 143 g/mol. The fourth-order valence-electron chi connectivity index (χ4n) is 0.961. The normalized spacial score (nSPS) is 10.0. The minimum atomic E-state index is -0.362. The lowest BCUT2D eigenvalue weighted by atomic mass is 10.1. The van der Waals surface area contributed by atoms with E-state index in [1.807, 2.05) is 0 Å². The molecule has 0 unspecified atom stereocenters. The number of Topliss-reactive ketones (excluding diaryl/α,β-unsaturated/α-hetero) is 1. The van der Waals surface area contributed by atoms with Crippen molar-refractivity contribution in [2.75, 3.05) is 6.67 Å². The van der Waals surface area contributed by atoms with E-state index in [4.69, 9.17) is 0 Å². The molecule has 11 heavy (non-hydrogen) atoms. The summed E-state index contributed by atoms with van der Waals surface area (Å²) in [6.07, 6.45) is 4.71. The number of ketones is 1. The molecule has 0 aliphatic carbocycles. The van der Waals surface area contributed by atoms with Crippen LogP contribution >= 0.6 is 0 Å². The van der Waals surface area contributed by atoms with Crippen LogP contribution in [-0.4, -0.2) is 12.5 Å². The van der Waals surface area contributed by atoms with E-state index in [9.17, 15) is 9.18 Å². The molecule has 0 aromatic carbocycles. The van der Waals surface area contributed by atoms with Crippen LogP contribution in [0.2, 0.25) is 0 Å². The van der Waals surface area contributed by atoms with Crippen molar-refractivity contribution in [1.29, 1.82) is 0 Å². The number of hydrogen-bond acceptors (Lipinski definition) is 1. The van der Waals surface area contributed by atoms with E-state index in [1.54, 1.807) is 0 Å². The van der Waals surface area contributed by atoms with Gasteiger partial charge in [0.15, 0.2) is 0 Å². The predicted octanol–water partition coefficient (Wildman–Crippen LogP) is 2.89. The van der Waals surface area contributed by atoms with E-state index in [2.05, 4.69) is 6.92 Å². The third kappa shape index (κ3) is 7.50. The summed E-state index contributed by atoms with van der Waals surface area (Å²) in [5.41, 5.74) is 0. The Morgan fingerprint density at radius 2 is 1.82 bits per heavy atom. The van der Waals surface area contributed by atoms with E-state index in [-0.39, 0.29) is 12.5 Å². The van der Waals surface area contributed by atoms with Gasteiger partial charge in [0.05, 0.1) is 6.67 Å². The summed E-state index contributed by atoms with van der Waals surface area (Å²) < 4.78 is 11.6. The topological polar surface area (TPSA) is 17.1 Å². The molecule has 0 radical (unpaired) electrons. The lowest BCUT2D eigenvalue weighted by Gasteiger charge is -1.97. The molecule has 2 heteroatoms. The Kier molecular flexibility index (Phi) is 7.42. The van der Waals surface area contributed by atoms with Gasteiger partial charge in [-0.05, 0) is 12.8 Å². The van der Waals surface area contributed by atoms with Crippen LogP contribution in [0.5, 0.6) is 0 Å². The molecule has 0 aromatic rings. The van der Waals surface area contributed by atoms with Crippen LogP contribution in [0.3, 0.4) is 0 Å². The van der Waals surface area contributed by atoms with Crippen molar-refractivity contribution in [1.82, 2.24) is 0 Å². The highest BCUT2D eigenvalue weighted by Crippen LogP contribution is 2.03. The standard InChI is InChI=1S/C9H17FO/c1-2-3-4-6-9(11)7-5-8-10/h2-8H2,1H3. The second-order valence-corrected chi connectivity index (χ2v) is 2.79. The number of rotatable bonds is 7. The smallest absolute Gasteiger partial charge is 0.133 e. The van der Waals surface area contributed by atoms with Crippen molar-refractivity contribution in [2.24, 2.45) is 0 Å². The van der Waals surface area contributed by atoms with Crippen molar-refractivity contribution in [3.63, 3.8) is 0 Å². The molecule has 0 spiro atoms. The molecule has 0 aliphatic heterocycles. The van der Waals surface area contributed by atoms with Gasteiger partial charge >= 0.3 is 0 Å². The number of unbranched alkanes of at least 4 members (excludes halogenated alkanes) is 2. The third-order valence-corrected chi connectivity index (χ3v) is 1.65. The quantitative estimate of drug-likeness (QED) is 0.523. The van der Waals surface area contributed by atoms with Crippen LogP contribution in [-0.2, 0) is 4.79 Å². The maximum atomic E-state index is 11.6. The Morgan fingerprint density at radius 1 is 1.18 bits per heavy atom. The van der Waals surface area contributed by atoms with Gasteiger partial charge in [-0.15, -0.1) is 0 Å². The molecule has 66 valence electrons. The van der Waals surface area contributed by atoms with Crippen LogP contribution in [0.15, 0.2) is 0 Å². The lowest BCUT2D eigenvalue weighted by molar-refractivity contribution is -0.119. The summed E-state index contributed by atoms with van der Waals surface area (Å²) in [6.45, 7) is 1.74. The fourth-order valence-corrected chi connectivity index (χ4v) is 0.961. The first-order valence-corrected chi connectivity index (χ1v) is 4.39. The first-order valence-electron chi connectivity index (χ1n) is 4.39. The Bertz CT molecular complexity index is 102. The SMILES string of the molecule is CCCCCC(=O)CCCF. The van der Waals surface area contributed by atoms with Crippen molar-refractivity contribution >= 4 is 5.78 Å². The highest BCUT2D eigenvalue weighted by molar-refractivity contribution is 5.78. The average Bonchev–Trinajstić information content (AvgIpc) is 2.01. The number of carbonyl (C=O) groups excluding carboxylic acids is 1. The molecule has 0 saturated carbocycles. The van der Waals surface area contributed by atoms with Crippen molar-refractivity contribution in [3.8, 4) is 0 Å². The number of halogens is 1. The summed E-state index contributed by atoms with van der Waals surface area (Å²) in [6, 6.07) is 0. The van der Waals surface area contributed by atoms with Crippen molar-refractivity contribution < 1.29 is 9.18 Å². The van der Waals surface area contributed by atoms with E-state index in [0.29, 0.717) is 19.3 Å². The van der Waals surface area contributed by atoms with Gasteiger partial charge in [-0.3, -0.25) is 9.18 Å². The number of alkyl halides is 1. The Balaban J connectivity index is 3.09. The fraction of sp³-hybridized carbons (Fsp3) is 0.889. The molecule has 0 fully saturated rings. The maximum Gasteiger partial charge on any atom is 0.133 e. The first kappa shape index (κ1) is 10.6. The van der Waals surface area contributed by atoms with Gasteiger partial charge in [0, 0.05) is 12.8 Å². The number of carbonyl (C=O) groups is 1. The van der Waals surface area contributed by atoms with Gasteiger partial charge in [0.2, 0.25) is 0 Å². The predicted molar refractivity (Wildman–Crippen MR) is 44.4 cm³/mol. The molecule has 0 aromatic heterocycles. The Morgan fingerprint density at radius 3 is 2.36 bits per heavy atom. The lowest BCUT2D eigenvalue weighted by Crippen LogP contribution is -1.97. The zero-order valence-corrected chi connectivity index (χ0v) is 7.24. The molecule has 0 amide bonds. The molecule has 1 nitrogen and oxygen atoms in total. The Hall–Kier alpha value is -0.400. The van der Waals surface area contributed by atoms with Gasteiger partial charge in [-0.1, -0.05) is 19.8 Å². The zero-order valence-electron chi connectivity index (χ0n) is 7.24. The van der Waals surface area contributed by atoms with E-state index >= 15 is 0 Å². The third-order valence-electron chi connectivity index (χ3n) is 1.65. The van der Waals surface area contributed by atoms with Crippen LogP contribution in [0, 0.1) is 0 Å². The summed E-state index contributed by atoms with van der Waals surface area (Å²) in [5.74, 6) is 0.219. The summed E-state index contributed by atoms with van der Waals surface area (Å²) >= 11 is 0. The largest absolute Gasteiger partial charge is 0.300 e. The Labute approximate surface area is 68.0 Å². The maximum absolute atomic E-state index is 11.6. The summed E-state index contributed by atoms with van der Waals surface area (Å²) in [5, 5.41) is 0. The molecule has 0 N–H and O–H groups in total. The molecule has 0 aliphatic rings. The van der Waals surface area contributed by atoms with E-state index in [0.717, 1.165) is 19.3 Å². The second kappa shape index (κ2) is 7.70. The van der Waals surface area contributed by atoms with Crippen molar-refractivity contribution in [2.45, 2.75) is 45.4 Å². The first-order chi connectivity index (χ1) is 5.31. The van der Waals surface area contributed by atoms with Crippen LogP contribution < -0.4 is 0 Å². The number of hydrogen-bond donors (Lipinski definition) is 0. The second-order valence-electron chi connectivity index (χ2n) is 2.79. The van der Waals surface area contributed by atoms with Crippen LogP contribution in [0.25, 0.3) is 0 Å². The average molecular weight is 160 g/mol. The summed E-state index contributed by atoms with van der Waals surface area (Å²) in [4.78, 5) is 10.9.